The molecule has 1 heterocycles. The molecule has 1 fully saturated rings. The van der Waals surface area contributed by atoms with Gasteiger partial charge in [0.2, 0.25) is 0 Å². The fourth-order valence-corrected chi connectivity index (χ4v) is 1.61. The zero-order chi connectivity index (χ0) is 11.3. The molecule has 0 spiro atoms. The van der Waals surface area contributed by atoms with Crippen molar-refractivity contribution in [2.45, 2.75) is 18.4 Å². The lowest BCUT2D eigenvalue weighted by Gasteiger charge is -2.36. The number of aliphatic hydroxyl groups is 2. The predicted octanol–water partition coefficient (Wildman–Crippen LogP) is -0.554. The van der Waals surface area contributed by atoms with Crippen LogP contribution in [0.25, 0.3) is 0 Å². The Bertz CT molecular complexity index is 244. The second-order valence-electron chi connectivity index (χ2n) is 3.92. The summed E-state index contributed by atoms with van der Waals surface area (Å²) in [6.07, 6.45) is 3.77. The first-order chi connectivity index (χ1) is 7.06. The van der Waals surface area contributed by atoms with Gasteiger partial charge in [0, 0.05) is 25.7 Å². The van der Waals surface area contributed by atoms with Crippen molar-refractivity contribution in [2.24, 2.45) is 0 Å². The molecule has 0 unspecified atom stereocenters. The molecule has 0 aromatic heterocycles. The van der Waals surface area contributed by atoms with Gasteiger partial charge in [-0.3, -0.25) is 4.90 Å². The smallest absolute Gasteiger partial charge is 0.328 e. The molecule has 15 heavy (non-hydrogen) atoms. The van der Waals surface area contributed by atoms with E-state index in [9.17, 15) is 9.90 Å². The molecule has 0 radical (unpaired) electrons. The minimum atomic E-state index is -0.945. The zero-order valence-electron chi connectivity index (χ0n) is 8.59. The van der Waals surface area contributed by atoms with E-state index in [1.165, 1.54) is 0 Å². The molecule has 0 aromatic carbocycles. The van der Waals surface area contributed by atoms with Crippen LogP contribution in [0.3, 0.4) is 0 Å². The Hall–Kier alpha value is -0.910. The van der Waals surface area contributed by atoms with E-state index in [0.29, 0.717) is 32.5 Å². The van der Waals surface area contributed by atoms with Crippen LogP contribution in [-0.2, 0) is 4.79 Å². The maximum atomic E-state index is 10.2. The summed E-state index contributed by atoms with van der Waals surface area (Å²) in [4.78, 5) is 12.3. The normalized spacial score (nSPS) is 22.0. The molecule has 0 aliphatic carbocycles. The maximum Gasteiger partial charge on any atom is 0.328 e. The lowest BCUT2D eigenvalue weighted by molar-refractivity contribution is -0.131. The largest absolute Gasteiger partial charge is 0.478 e. The van der Waals surface area contributed by atoms with Crippen LogP contribution in [-0.4, -0.2) is 58.0 Å². The van der Waals surface area contributed by atoms with E-state index >= 15 is 0 Å². The number of carboxylic acids is 1. The first-order valence-corrected chi connectivity index (χ1v) is 5.01. The van der Waals surface area contributed by atoms with Gasteiger partial charge in [0.15, 0.2) is 0 Å². The Morgan fingerprint density at radius 1 is 1.40 bits per heavy atom. The van der Waals surface area contributed by atoms with Gasteiger partial charge < -0.3 is 15.3 Å². The third kappa shape index (κ3) is 3.99. The maximum absolute atomic E-state index is 10.2. The second-order valence-corrected chi connectivity index (χ2v) is 3.92. The highest BCUT2D eigenvalue weighted by Crippen LogP contribution is 2.20. The molecule has 5 nitrogen and oxygen atoms in total. The van der Waals surface area contributed by atoms with E-state index in [2.05, 4.69) is 0 Å². The number of hydrogen-bond donors (Lipinski definition) is 3. The van der Waals surface area contributed by atoms with Gasteiger partial charge in [-0.05, 0) is 12.8 Å². The number of aliphatic carboxylic acids is 1. The number of likely N-dealkylation sites (tertiary alicyclic amines) is 1. The van der Waals surface area contributed by atoms with Gasteiger partial charge in [-0.15, -0.1) is 0 Å². The number of carboxylic acid groups (broad SMARTS) is 1. The Balaban J connectivity index is 2.29. The van der Waals surface area contributed by atoms with Gasteiger partial charge in [0.25, 0.3) is 0 Å². The summed E-state index contributed by atoms with van der Waals surface area (Å²) in [6, 6.07) is 0. The minimum absolute atomic E-state index is 0.203. The molecule has 5 heteroatoms. The van der Waals surface area contributed by atoms with Gasteiger partial charge in [-0.25, -0.2) is 4.79 Å². The Labute approximate surface area is 88.6 Å². The Morgan fingerprint density at radius 2 is 2.00 bits per heavy atom. The van der Waals surface area contributed by atoms with E-state index < -0.39 is 11.6 Å². The standard InChI is InChI=1S/C10H17NO4/c12-8-10(15)3-6-11(7-4-10)5-1-2-9(13)14/h1-2,12,15H,3-8H2,(H,13,14). The molecule has 0 atom stereocenters. The summed E-state index contributed by atoms with van der Waals surface area (Å²) >= 11 is 0. The van der Waals surface area contributed by atoms with Crippen molar-refractivity contribution < 1.29 is 20.1 Å². The van der Waals surface area contributed by atoms with E-state index in [-0.39, 0.29) is 6.61 Å². The molecular formula is C10H17NO4. The van der Waals surface area contributed by atoms with Crippen molar-refractivity contribution in [3.63, 3.8) is 0 Å². The molecule has 0 saturated carbocycles. The first-order valence-electron chi connectivity index (χ1n) is 5.01. The first kappa shape index (κ1) is 12.2. The average molecular weight is 215 g/mol. The van der Waals surface area contributed by atoms with E-state index in [0.717, 1.165) is 6.08 Å². The zero-order valence-corrected chi connectivity index (χ0v) is 8.59. The molecule has 3 N–H and O–H groups in total. The number of carbonyl (C=O) groups is 1. The summed E-state index contributed by atoms with van der Waals surface area (Å²) in [5.41, 5.74) is -0.937. The van der Waals surface area contributed by atoms with Crippen molar-refractivity contribution in [3.05, 3.63) is 12.2 Å². The van der Waals surface area contributed by atoms with Crippen LogP contribution in [0.5, 0.6) is 0 Å². The second kappa shape index (κ2) is 5.25. The van der Waals surface area contributed by atoms with Crippen LogP contribution in [0.4, 0.5) is 0 Å². The summed E-state index contributed by atoms with van der Waals surface area (Å²) in [5.74, 6) is -0.945. The van der Waals surface area contributed by atoms with E-state index in [1.807, 2.05) is 4.90 Å². The summed E-state index contributed by atoms with van der Waals surface area (Å²) < 4.78 is 0. The molecule has 0 amide bonds. The van der Waals surface area contributed by atoms with Crippen LogP contribution in [0.1, 0.15) is 12.8 Å². The topological polar surface area (TPSA) is 81.0 Å². The molecule has 1 aliphatic rings. The fourth-order valence-electron chi connectivity index (χ4n) is 1.61. The third-order valence-electron chi connectivity index (χ3n) is 2.71. The number of rotatable bonds is 4. The highest BCUT2D eigenvalue weighted by molar-refractivity contribution is 5.79. The van der Waals surface area contributed by atoms with Crippen molar-refractivity contribution >= 4 is 5.97 Å². The van der Waals surface area contributed by atoms with Crippen LogP contribution in [0.2, 0.25) is 0 Å². The van der Waals surface area contributed by atoms with Crippen molar-refractivity contribution in [1.29, 1.82) is 0 Å². The number of hydrogen-bond acceptors (Lipinski definition) is 4. The quantitative estimate of drug-likeness (QED) is 0.548. The average Bonchev–Trinajstić information content (AvgIpc) is 2.21. The highest BCUT2D eigenvalue weighted by atomic mass is 16.4. The number of piperidine rings is 1. The lowest BCUT2D eigenvalue weighted by Crippen LogP contribution is -2.46. The van der Waals surface area contributed by atoms with Crippen molar-refractivity contribution in [2.75, 3.05) is 26.2 Å². The van der Waals surface area contributed by atoms with Gasteiger partial charge in [0.1, 0.15) is 0 Å². The third-order valence-corrected chi connectivity index (χ3v) is 2.71. The monoisotopic (exact) mass is 215 g/mol. The molecular weight excluding hydrogens is 198 g/mol. The molecule has 0 aromatic rings. The fraction of sp³-hybridized carbons (Fsp3) is 0.700. The molecule has 0 bridgehead atoms. The summed E-state index contributed by atoms with van der Waals surface area (Å²) in [5, 5.41) is 27.0. The van der Waals surface area contributed by atoms with Gasteiger partial charge in [-0.1, -0.05) is 6.08 Å². The number of nitrogens with zero attached hydrogens (tertiary/aromatic N) is 1. The molecule has 1 rings (SSSR count). The Morgan fingerprint density at radius 3 is 2.47 bits per heavy atom. The van der Waals surface area contributed by atoms with E-state index in [1.54, 1.807) is 6.08 Å². The number of aliphatic hydroxyl groups excluding tert-OH is 1. The van der Waals surface area contributed by atoms with Crippen LogP contribution >= 0.6 is 0 Å². The van der Waals surface area contributed by atoms with Crippen molar-refractivity contribution in [1.82, 2.24) is 4.90 Å². The summed E-state index contributed by atoms with van der Waals surface area (Å²) in [7, 11) is 0. The molecule has 86 valence electrons. The van der Waals surface area contributed by atoms with Crippen LogP contribution in [0.15, 0.2) is 12.2 Å². The summed E-state index contributed by atoms with van der Waals surface area (Å²) in [6.45, 7) is 1.74. The van der Waals surface area contributed by atoms with Gasteiger partial charge in [-0.2, -0.15) is 0 Å². The SMILES string of the molecule is O=C(O)C=CCN1CCC(O)(CO)CC1. The lowest BCUT2D eigenvalue weighted by atomic mass is 9.92. The van der Waals surface area contributed by atoms with Crippen LogP contribution < -0.4 is 0 Å². The highest BCUT2D eigenvalue weighted by Gasteiger charge is 2.30. The van der Waals surface area contributed by atoms with Gasteiger partial charge >= 0.3 is 5.97 Å². The van der Waals surface area contributed by atoms with Crippen molar-refractivity contribution in [3.8, 4) is 0 Å². The minimum Gasteiger partial charge on any atom is -0.478 e. The molecule has 1 saturated heterocycles. The van der Waals surface area contributed by atoms with E-state index in [4.69, 9.17) is 10.2 Å². The predicted molar refractivity (Wildman–Crippen MR) is 54.5 cm³/mol. The van der Waals surface area contributed by atoms with Gasteiger partial charge in [0.05, 0.1) is 12.2 Å². The Kier molecular flexibility index (Phi) is 4.26. The van der Waals surface area contributed by atoms with Crippen LogP contribution in [0, 0.1) is 0 Å². The molecule has 1 aliphatic heterocycles.